The topological polar surface area (TPSA) is 46.5 Å². The molecule has 1 unspecified atom stereocenters. The molecular formula is C15H20O3. The number of hydrogen-bond acceptors (Lipinski definition) is 2. The summed E-state index contributed by atoms with van der Waals surface area (Å²) >= 11 is 0. The van der Waals surface area contributed by atoms with E-state index in [9.17, 15) is 9.90 Å². The van der Waals surface area contributed by atoms with E-state index in [2.05, 4.69) is 6.92 Å². The molecule has 1 atom stereocenters. The van der Waals surface area contributed by atoms with Crippen molar-refractivity contribution in [1.82, 2.24) is 0 Å². The largest absolute Gasteiger partial charge is 0.492 e. The van der Waals surface area contributed by atoms with Gasteiger partial charge in [0.15, 0.2) is 0 Å². The standard InChI is InChI=1S/C15H20O3/c1-2-3-6-9-15(14(16)17)10-12-7-4-5-8-13(12)18-11-15/h4-5,7-8H,2-3,6,9-11H2,1H3,(H,16,17). The lowest BCUT2D eigenvalue weighted by Gasteiger charge is -2.34. The first-order chi connectivity index (χ1) is 8.68. The smallest absolute Gasteiger partial charge is 0.313 e. The minimum absolute atomic E-state index is 0.295. The Labute approximate surface area is 108 Å². The van der Waals surface area contributed by atoms with Gasteiger partial charge in [-0.05, 0) is 24.5 Å². The number of aliphatic carboxylic acids is 1. The zero-order chi connectivity index (χ0) is 13.0. The molecule has 3 heteroatoms. The van der Waals surface area contributed by atoms with Crippen molar-refractivity contribution in [2.45, 2.75) is 39.0 Å². The van der Waals surface area contributed by atoms with E-state index < -0.39 is 11.4 Å². The predicted molar refractivity (Wildman–Crippen MR) is 69.9 cm³/mol. The Morgan fingerprint density at radius 3 is 2.89 bits per heavy atom. The second kappa shape index (κ2) is 5.42. The van der Waals surface area contributed by atoms with E-state index >= 15 is 0 Å². The minimum atomic E-state index is -0.733. The monoisotopic (exact) mass is 248 g/mol. The Balaban J connectivity index is 2.16. The van der Waals surface area contributed by atoms with E-state index in [0.29, 0.717) is 19.4 Å². The number of hydrogen-bond donors (Lipinski definition) is 1. The number of benzene rings is 1. The van der Waals surface area contributed by atoms with Crippen molar-refractivity contribution in [2.75, 3.05) is 6.61 Å². The molecule has 0 bridgehead atoms. The second-order valence-electron chi connectivity index (χ2n) is 5.12. The van der Waals surface area contributed by atoms with Crippen LogP contribution < -0.4 is 4.74 Å². The van der Waals surface area contributed by atoms with Gasteiger partial charge < -0.3 is 9.84 Å². The molecule has 1 aromatic rings. The number of para-hydroxylation sites is 1. The fraction of sp³-hybridized carbons (Fsp3) is 0.533. The molecule has 98 valence electrons. The summed E-state index contributed by atoms with van der Waals surface area (Å²) in [7, 11) is 0. The zero-order valence-electron chi connectivity index (χ0n) is 10.8. The van der Waals surface area contributed by atoms with Crippen LogP contribution in [0.5, 0.6) is 5.75 Å². The third kappa shape index (κ3) is 2.50. The lowest BCUT2D eigenvalue weighted by Crippen LogP contribution is -2.42. The quantitative estimate of drug-likeness (QED) is 0.813. The fourth-order valence-corrected chi connectivity index (χ4v) is 2.54. The van der Waals surface area contributed by atoms with Crippen LogP contribution in [0.3, 0.4) is 0 Å². The first-order valence-corrected chi connectivity index (χ1v) is 6.62. The van der Waals surface area contributed by atoms with Crippen LogP contribution in [0, 0.1) is 5.41 Å². The maximum Gasteiger partial charge on any atom is 0.313 e. The average Bonchev–Trinajstić information content (AvgIpc) is 2.38. The summed E-state index contributed by atoms with van der Waals surface area (Å²) in [5.41, 5.74) is 0.284. The molecular weight excluding hydrogens is 228 g/mol. The van der Waals surface area contributed by atoms with Gasteiger partial charge in [0.1, 0.15) is 17.8 Å². The Hall–Kier alpha value is -1.51. The third-order valence-electron chi connectivity index (χ3n) is 3.72. The average molecular weight is 248 g/mol. The van der Waals surface area contributed by atoms with Crippen molar-refractivity contribution < 1.29 is 14.6 Å². The predicted octanol–water partition coefficient (Wildman–Crippen LogP) is 3.27. The lowest BCUT2D eigenvalue weighted by molar-refractivity contribution is -0.152. The van der Waals surface area contributed by atoms with Crippen molar-refractivity contribution in [3.05, 3.63) is 29.8 Å². The first-order valence-electron chi connectivity index (χ1n) is 6.62. The minimum Gasteiger partial charge on any atom is -0.492 e. The van der Waals surface area contributed by atoms with Gasteiger partial charge in [0.25, 0.3) is 0 Å². The first kappa shape index (κ1) is 12.9. The summed E-state index contributed by atoms with van der Waals surface area (Å²) < 4.78 is 5.65. The van der Waals surface area contributed by atoms with Crippen molar-refractivity contribution in [2.24, 2.45) is 5.41 Å². The molecule has 0 saturated heterocycles. The molecule has 1 N–H and O–H groups in total. The van der Waals surface area contributed by atoms with E-state index in [1.165, 1.54) is 0 Å². The number of rotatable bonds is 5. The van der Waals surface area contributed by atoms with Crippen LogP contribution in [-0.4, -0.2) is 17.7 Å². The molecule has 0 aromatic heterocycles. The normalized spacial score (nSPS) is 22.1. The Morgan fingerprint density at radius 1 is 1.39 bits per heavy atom. The van der Waals surface area contributed by atoms with E-state index in [-0.39, 0.29) is 0 Å². The van der Waals surface area contributed by atoms with Gasteiger partial charge in [-0.2, -0.15) is 0 Å². The molecule has 3 nitrogen and oxygen atoms in total. The number of ether oxygens (including phenoxy) is 1. The van der Waals surface area contributed by atoms with Gasteiger partial charge in [-0.1, -0.05) is 44.4 Å². The molecule has 0 spiro atoms. The SMILES string of the molecule is CCCCCC1(C(=O)O)COc2ccccc2C1. The van der Waals surface area contributed by atoms with Crippen LogP contribution >= 0.6 is 0 Å². The summed E-state index contributed by atoms with van der Waals surface area (Å²) in [5, 5.41) is 9.53. The second-order valence-corrected chi connectivity index (χ2v) is 5.12. The fourth-order valence-electron chi connectivity index (χ4n) is 2.54. The number of unbranched alkanes of at least 4 members (excludes halogenated alkanes) is 2. The van der Waals surface area contributed by atoms with E-state index in [4.69, 9.17) is 4.74 Å². The maximum absolute atomic E-state index is 11.6. The van der Waals surface area contributed by atoms with E-state index in [0.717, 1.165) is 30.6 Å². The van der Waals surface area contributed by atoms with Gasteiger partial charge in [0.2, 0.25) is 0 Å². The number of carboxylic acid groups (broad SMARTS) is 1. The Kier molecular flexibility index (Phi) is 3.90. The van der Waals surface area contributed by atoms with Crippen molar-refractivity contribution >= 4 is 5.97 Å². The van der Waals surface area contributed by atoms with Crippen molar-refractivity contribution in [3.8, 4) is 5.75 Å². The molecule has 1 heterocycles. The summed E-state index contributed by atoms with van der Waals surface area (Å²) in [6.45, 7) is 2.42. The molecule has 0 fully saturated rings. The summed E-state index contributed by atoms with van der Waals surface area (Å²) in [4.78, 5) is 11.6. The van der Waals surface area contributed by atoms with Gasteiger partial charge in [-0.25, -0.2) is 0 Å². The van der Waals surface area contributed by atoms with Crippen LogP contribution in [-0.2, 0) is 11.2 Å². The zero-order valence-corrected chi connectivity index (χ0v) is 10.8. The van der Waals surface area contributed by atoms with Crippen molar-refractivity contribution in [3.63, 3.8) is 0 Å². The van der Waals surface area contributed by atoms with Gasteiger partial charge in [0.05, 0.1) is 0 Å². The Bertz CT molecular complexity index is 428. The molecule has 1 aromatic carbocycles. The van der Waals surface area contributed by atoms with E-state index in [1.54, 1.807) is 0 Å². The third-order valence-corrected chi connectivity index (χ3v) is 3.72. The number of carboxylic acids is 1. The maximum atomic E-state index is 11.6. The highest BCUT2D eigenvalue weighted by atomic mass is 16.5. The van der Waals surface area contributed by atoms with Crippen LogP contribution in [0.25, 0.3) is 0 Å². The summed E-state index contributed by atoms with van der Waals surface area (Å²) in [5.74, 6) is 0.109. The highest BCUT2D eigenvalue weighted by Crippen LogP contribution is 2.38. The molecule has 1 aliphatic rings. The van der Waals surface area contributed by atoms with Crippen LogP contribution in [0.2, 0.25) is 0 Å². The molecule has 18 heavy (non-hydrogen) atoms. The molecule has 1 aliphatic heterocycles. The van der Waals surface area contributed by atoms with Gasteiger partial charge in [-0.15, -0.1) is 0 Å². The van der Waals surface area contributed by atoms with Crippen LogP contribution in [0.4, 0.5) is 0 Å². The highest BCUT2D eigenvalue weighted by Gasteiger charge is 2.42. The molecule has 0 amide bonds. The number of fused-ring (bicyclic) bond motifs is 1. The summed E-state index contributed by atoms with van der Waals surface area (Å²) in [6.07, 6.45) is 4.42. The molecule has 0 aliphatic carbocycles. The van der Waals surface area contributed by atoms with Gasteiger partial charge >= 0.3 is 5.97 Å². The van der Waals surface area contributed by atoms with Crippen LogP contribution in [0.15, 0.2) is 24.3 Å². The van der Waals surface area contributed by atoms with Crippen LogP contribution in [0.1, 0.15) is 38.2 Å². The van der Waals surface area contributed by atoms with Crippen molar-refractivity contribution in [1.29, 1.82) is 0 Å². The number of carbonyl (C=O) groups is 1. The summed E-state index contributed by atoms with van der Waals surface area (Å²) in [6, 6.07) is 7.73. The van der Waals surface area contributed by atoms with Gasteiger partial charge in [-0.3, -0.25) is 4.79 Å². The Morgan fingerprint density at radius 2 is 2.17 bits per heavy atom. The lowest BCUT2D eigenvalue weighted by atomic mass is 9.76. The highest BCUT2D eigenvalue weighted by molar-refractivity contribution is 5.76. The van der Waals surface area contributed by atoms with Gasteiger partial charge in [0, 0.05) is 0 Å². The van der Waals surface area contributed by atoms with E-state index in [1.807, 2.05) is 24.3 Å². The molecule has 0 radical (unpaired) electrons. The molecule has 0 saturated carbocycles. The molecule has 2 rings (SSSR count).